The molecule has 2 unspecified atom stereocenters. The molecule has 4 nitrogen and oxygen atoms in total. The molecule has 2 atom stereocenters. The highest BCUT2D eigenvalue weighted by atomic mass is 15.2. The molecule has 1 aliphatic heterocycles. The third-order valence-corrected chi connectivity index (χ3v) is 13.4. The Morgan fingerprint density at radius 3 is 1.57 bits per heavy atom. The molecule has 4 heteroatoms. The maximum atomic E-state index is 2.50. The highest BCUT2D eigenvalue weighted by molar-refractivity contribution is 6.10. The van der Waals surface area contributed by atoms with Crippen molar-refractivity contribution < 1.29 is 0 Å². The van der Waals surface area contributed by atoms with Crippen LogP contribution in [-0.2, 0) is 5.41 Å². The summed E-state index contributed by atoms with van der Waals surface area (Å²) < 4.78 is 2.37. The van der Waals surface area contributed by atoms with Gasteiger partial charge in [0.25, 0.3) is 0 Å². The first kappa shape index (κ1) is 38.3. The van der Waals surface area contributed by atoms with Gasteiger partial charge in [0.05, 0.1) is 17.1 Å². The van der Waals surface area contributed by atoms with E-state index in [1.165, 1.54) is 38.7 Å². The number of para-hydroxylation sites is 6. The lowest BCUT2D eigenvalue weighted by Crippen LogP contribution is -2.41. The van der Waals surface area contributed by atoms with Crippen molar-refractivity contribution in [3.63, 3.8) is 0 Å². The Labute approximate surface area is 380 Å². The molecule has 0 spiro atoms. The molecule has 0 radical (unpaired) electrons. The number of aromatic nitrogens is 1. The third kappa shape index (κ3) is 6.53. The molecular formula is C61H46N4. The summed E-state index contributed by atoms with van der Waals surface area (Å²) in [6.45, 7) is 2.39. The number of rotatable bonds is 9. The first-order valence-corrected chi connectivity index (χ1v) is 22.5. The van der Waals surface area contributed by atoms with Gasteiger partial charge in [-0.15, -0.1) is 0 Å². The lowest BCUT2D eigenvalue weighted by Gasteiger charge is -2.38. The number of allylic oxidation sites excluding steroid dienone is 1. The zero-order valence-corrected chi connectivity index (χ0v) is 36.1. The average Bonchev–Trinajstić information content (AvgIpc) is 3.84. The minimum atomic E-state index is -0.244. The van der Waals surface area contributed by atoms with Gasteiger partial charge in [-0.25, -0.2) is 0 Å². The van der Waals surface area contributed by atoms with Crippen LogP contribution in [0.25, 0.3) is 38.6 Å². The Balaban J connectivity index is 0.884. The van der Waals surface area contributed by atoms with Gasteiger partial charge in [-0.1, -0.05) is 140 Å². The average molecular weight is 835 g/mol. The van der Waals surface area contributed by atoms with E-state index < -0.39 is 0 Å². The highest BCUT2D eigenvalue weighted by Crippen LogP contribution is 2.53. The quantitative estimate of drug-likeness (QED) is 0.144. The fraction of sp³-hybridized carbons (Fsp3) is 0.0492. The molecule has 0 N–H and O–H groups in total. The molecule has 0 fully saturated rings. The number of fused-ring (bicyclic) bond motifs is 6. The van der Waals surface area contributed by atoms with E-state index in [4.69, 9.17) is 0 Å². The predicted octanol–water partition coefficient (Wildman–Crippen LogP) is 16.0. The summed E-state index contributed by atoms with van der Waals surface area (Å²) >= 11 is 0. The van der Waals surface area contributed by atoms with Crippen molar-refractivity contribution in [3.05, 3.63) is 266 Å². The van der Waals surface area contributed by atoms with Gasteiger partial charge in [0.1, 0.15) is 0 Å². The second kappa shape index (κ2) is 15.8. The first-order chi connectivity index (χ1) is 32.1. The van der Waals surface area contributed by atoms with E-state index in [1.807, 2.05) is 0 Å². The SMILES string of the molecule is CC12C=C(N(c3ccccc3)c3ccc(-c4ccc(N(c5ccccc5)c5ccc6c(c5)c5ccccc5n6-c5ccccc5)cc4)cc3)C=CC1N(c1ccccc1)c1ccccc12. The first-order valence-electron chi connectivity index (χ1n) is 22.5. The van der Waals surface area contributed by atoms with E-state index in [2.05, 4.69) is 281 Å². The Bertz CT molecular complexity index is 3370. The van der Waals surface area contributed by atoms with Gasteiger partial charge in [0.2, 0.25) is 0 Å². The van der Waals surface area contributed by atoms with Crippen LogP contribution in [0.15, 0.2) is 261 Å². The van der Waals surface area contributed by atoms with Crippen LogP contribution < -0.4 is 14.7 Å². The Morgan fingerprint density at radius 2 is 0.908 bits per heavy atom. The van der Waals surface area contributed by atoms with Crippen LogP contribution in [0, 0.1) is 0 Å². The van der Waals surface area contributed by atoms with Gasteiger partial charge < -0.3 is 19.3 Å². The lowest BCUT2D eigenvalue weighted by molar-refractivity contribution is 0.545. The molecule has 9 aromatic carbocycles. The summed E-state index contributed by atoms with van der Waals surface area (Å²) in [5, 5.41) is 2.46. The van der Waals surface area contributed by atoms with Crippen LogP contribution in [0.1, 0.15) is 12.5 Å². The van der Waals surface area contributed by atoms with Crippen LogP contribution >= 0.6 is 0 Å². The molecule has 1 aliphatic carbocycles. The fourth-order valence-electron chi connectivity index (χ4n) is 10.3. The van der Waals surface area contributed by atoms with Crippen molar-refractivity contribution in [2.45, 2.75) is 18.4 Å². The predicted molar refractivity (Wildman–Crippen MR) is 273 cm³/mol. The van der Waals surface area contributed by atoms with Crippen LogP contribution in [0.4, 0.5) is 39.8 Å². The van der Waals surface area contributed by atoms with Crippen molar-refractivity contribution in [1.82, 2.24) is 4.57 Å². The largest absolute Gasteiger partial charge is 0.333 e. The number of benzene rings is 9. The zero-order chi connectivity index (χ0) is 43.3. The van der Waals surface area contributed by atoms with E-state index >= 15 is 0 Å². The van der Waals surface area contributed by atoms with Crippen LogP contribution in [0.3, 0.4) is 0 Å². The minimum absolute atomic E-state index is 0.149. The molecule has 310 valence electrons. The summed E-state index contributed by atoms with van der Waals surface area (Å²) in [6.07, 6.45) is 7.19. The van der Waals surface area contributed by atoms with Gasteiger partial charge >= 0.3 is 0 Å². The van der Waals surface area contributed by atoms with Crippen LogP contribution in [0.2, 0.25) is 0 Å². The Morgan fingerprint density at radius 1 is 0.415 bits per heavy atom. The fourth-order valence-corrected chi connectivity index (χ4v) is 10.3. The second-order valence-corrected chi connectivity index (χ2v) is 17.2. The van der Waals surface area contributed by atoms with Gasteiger partial charge in [-0.2, -0.15) is 0 Å². The van der Waals surface area contributed by atoms with E-state index in [9.17, 15) is 0 Å². The van der Waals surface area contributed by atoms with Crippen molar-refractivity contribution >= 4 is 61.6 Å². The van der Waals surface area contributed by atoms with Gasteiger partial charge in [0, 0.05) is 67.4 Å². The molecular weight excluding hydrogens is 789 g/mol. The molecule has 65 heavy (non-hydrogen) atoms. The molecule has 10 aromatic rings. The van der Waals surface area contributed by atoms with Gasteiger partial charge in [-0.05, 0) is 139 Å². The van der Waals surface area contributed by atoms with E-state index in [0.29, 0.717) is 0 Å². The van der Waals surface area contributed by atoms with Gasteiger partial charge in [0.15, 0.2) is 0 Å². The topological polar surface area (TPSA) is 14.7 Å². The molecule has 1 aromatic heterocycles. The monoisotopic (exact) mass is 834 g/mol. The lowest BCUT2D eigenvalue weighted by atomic mass is 9.75. The number of anilines is 7. The number of hydrogen-bond donors (Lipinski definition) is 0. The smallest absolute Gasteiger partial charge is 0.0656 e. The Hall–Kier alpha value is -8.34. The maximum absolute atomic E-state index is 2.50. The molecule has 0 saturated carbocycles. The maximum Gasteiger partial charge on any atom is 0.0656 e. The standard InChI is InChI=1S/C61H46N4/c1-61-43-53(39-41-60(61)65(49-24-12-5-13-25-49)59-29-17-15-27-56(59)61)63(47-20-8-3-9-21-47)51-36-32-45(33-37-51)44-30-34-50(35-31-44)62(46-18-6-2-7-19-46)52-38-40-58-55(42-52)54-26-14-16-28-57(54)64(58)48-22-10-4-11-23-48/h2-43,60H,1H3. The van der Waals surface area contributed by atoms with Crippen molar-refractivity contribution in [3.8, 4) is 16.8 Å². The normalized spacial score (nSPS) is 16.3. The zero-order valence-electron chi connectivity index (χ0n) is 36.1. The molecule has 2 aliphatic rings. The number of nitrogens with zero attached hydrogens (tertiary/aromatic N) is 4. The minimum Gasteiger partial charge on any atom is -0.333 e. The van der Waals surface area contributed by atoms with Crippen LogP contribution in [0.5, 0.6) is 0 Å². The van der Waals surface area contributed by atoms with E-state index in [1.54, 1.807) is 0 Å². The summed E-state index contributed by atoms with van der Waals surface area (Å²) in [5.74, 6) is 0. The van der Waals surface area contributed by atoms with Crippen LogP contribution in [-0.4, -0.2) is 10.6 Å². The van der Waals surface area contributed by atoms with Gasteiger partial charge in [-0.3, -0.25) is 0 Å². The van der Waals surface area contributed by atoms with Crippen molar-refractivity contribution in [2.75, 3.05) is 14.7 Å². The van der Waals surface area contributed by atoms with E-state index in [0.717, 1.165) is 50.9 Å². The third-order valence-electron chi connectivity index (χ3n) is 13.4. The van der Waals surface area contributed by atoms with Crippen molar-refractivity contribution in [1.29, 1.82) is 0 Å². The van der Waals surface area contributed by atoms with Crippen molar-refractivity contribution in [2.24, 2.45) is 0 Å². The molecule has 0 saturated heterocycles. The Kier molecular flexibility index (Phi) is 9.31. The summed E-state index contributed by atoms with van der Waals surface area (Å²) in [4.78, 5) is 7.25. The summed E-state index contributed by atoms with van der Waals surface area (Å²) in [5.41, 5.74) is 16.1. The molecule has 2 heterocycles. The summed E-state index contributed by atoms with van der Waals surface area (Å²) in [7, 11) is 0. The van der Waals surface area contributed by atoms with E-state index in [-0.39, 0.29) is 11.5 Å². The second-order valence-electron chi connectivity index (χ2n) is 17.2. The highest BCUT2D eigenvalue weighted by Gasteiger charge is 2.47. The number of hydrogen-bond acceptors (Lipinski definition) is 3. The summed E-state index contributed by atoms with van der Waals surface area (Å²) in [6, 6.07) is 85.5. The molecule has 0 amide bonds. The molecule has 12 rings (SSSR count). The molecule has 0 bridgehead atoms.